The fraction of sp³-hybridized carbons (Fsp3) is 0.750. The standard InChI is InChI=1S/C12H19N3O3/c16-10-6-9(7-13-10)12(18)14-8-11(17)15-4-2-1-3-5-15/h9H,1-8H2,(H,13,16)(H,14,18). The predicted molar refractivity (Wildman–Crippen MR) is 64.6 cm³/mol. The van der Waals surface area contributed by atoms with Gasteiger partial charge in [0.2, 0.25) is 17.7 Å². The van der Waals surface area contributed by atoms with Crippen LogP contribution in [0.1, 0.15) is 25.7 Å². The lowest BCUT2D eigenvalue weighted by Gasteiger charge is -2.26. The van der Waals surface area contributed by atoms with Crippen molar-refractivity contribution in [2.75, 3.05) is 26.2 Å². The van der Waals surface area contributed by atoms with Crippen LogP contribution in [0.25, 0.3) is 0 Å². The van der Waals surface area contributed by atoms with E-state index in [2.05, 4.69) is 10.6 Å². The Balaban J connectivity index is 1.71. The molecule has 0 spiro atoms. The summed E-state index contributed by atoms with van der Waals surface area (Å²) < 4.78 is 0. The first-order chi connectivity index (χ1) is 8.66. The fourth-order valence-corrected chi connectivity index (χ4v) is 2.35. The van der Waals surface area contributed by atoms with Crippen LogP contribution in [0.15, 0.2) is 0 Å². The van der Waals surface area contributed by atoms with Crippen molar-refractivity contribution in [1.29, 1.82) is 0 Å². The van der Waals surface area contributed by atoms with Crippen molar-refractivity contribution in [3.8, 4) is 0 Å². The number of likely N-dealkylation sites (tertiary alicyclic amines) is 1. The van der Waals surface area contributed by atoms with E-state index < -0.39 is 0 Å². The van der Waals surface area contributed by atoms with Gasteiger partial charge in [0.05, 0.1) is 12.5 Å². The summed E-state index contributed by atoms with van der Waals surface area (Å²) in [5.41, 5.74) is 0. The molecule has 6 heteroatoms. The molecule has 0 aromatic rings. The van der Waals surface area contributed by atoms with Crippen molar-refractivity contribution in [2.24, 2.45) is 5.92 Å². The van der Waals surface area contributed by atoms with Crippen LogP contribution in [0.4, 0.5) is 0 Å². The molecule has 2 heterocycles. The minimum absolute atomic E-state index is 0.0275. The van der Waals surface area contributed by atoms with Crippen molar-refractivity contribution < 1.29 is 14.4 Å². The van der Waals surface area contributed by atoms with E-state index in [0.29, 0.717) is 6.54 Å². The fourth-order valence-electron chi connectivity index (χ4n) is 2.35. The third-order valence-corrected chi connectivity index (χ3v) is 3.47. The Bertz CT molecular complexity index is 350. The number of piperidine rings is 1. The van der Waals surface area contributed by atoms with Crippen LogP contribution in [0, 0.1) is 5.92 Å². The largest absolute Gasteiger partial charge is 0.355 e. The topological polar surface area (TPSA) is 78.5 Å². The summed E-state index contributed by atoms with van der Waals surface area (Å²) >= 11 is 0. The zero-order chi connectivity index (χ0) is 13.0. The Morgan fingerprint density at radius 1 is 1.28 bits per heavy atom. The van der Waals surface area contributed by atoms with E-state index in [1.165, 1.54) is 6.42 Å². The van der Waals surface area contributed by atoms with E-state index in [9.17, 15) is 14.4 Å². The smallest absolute Gasteiger partial charge is 0.241 e. The Morgan fingerprint density at radius 2 is 2.00 bits per heavy atom. The summed E-state index contributed by atoms with van der Waals surface area (Å²) in [6, 6.07) is 0. The number of rotatable bonds is 3. The molecule has 2 fully saturated rings. The summed E-state index contributed by atoms with van der Waals surface area (Å²) in [4.78, 5) is 36.3. The number of amides is 3. The quantitative estimate of drug-likeness (QED) is 0.694. The van der Waals surface area contributed by atoms with Crippen molar-refractivity contribution in [2.45, 2.75) is 25.7 Å². The van der Waals surface area contributed by atoms with Gasteiger partial charge in [0, 0.05) is 26.1 Å². The maximum atomic E-state index is 11.8. The monoisotopic (exact) mass is 253 g/mol. The van der Waals surface area contributed by atoms with Gasteiger partial charge in [0.25, 0.3) is 0 Å². The molecule has 2 rings (SSSR count). The Kier molecular flexibility index (Phi) is 4.17. The molecular weight excluding hydrogens is 234 g/mol. The van der Waals surface area contributed by atoms with Gasteiger partial charge in [-0.05, 0) is 19.3 Å². The van der Waals surface area contributed by atoms with Crippen LogP contribution in [-0.2, 0) is 14.4 Å². The Labute approximate surface area is 106 Å². The van der Waals surface area contributed by atoms with Gasteiger partial charge in [0.15, 0.2) is 0 Å². The van der Waals surface area contributed by atoms with Gasteiger partial charge < -0.3 is 15.5 Å². The molecule has 2 N–H and O–H groups in total. The number of nitrogens with zero attached hydrogens (tertiary/aromatic N) is 1. The van der Waals surface area contributed by atoms with Crippen molar-refractivity contribution in [3.05, 3.63) is 0 Å². The summed E-state index contributed by atoms with van der Waals surface area (Å²) in [5.74, 6) is -0.664. The van der Waals surface area contributed by atoms with Crippen LogP contribution in [0.3, 0.4) is 0 Å². The third kappa shape index (κ3) is 3.21. The molecule has 0 radical (unpaired) electrons. The molecular formula is C12H19N3O3. The van der Waals surface area contributed by atoms with Gasteiger partial charge in [0.1, 0.15) is 0 Å². The number of nitrogens with one attached hydrogen (secondary N) is 2. The maximum Gasteiger partial charge on any atom is 0.241 e. The van der Waals surface area contributed by atoms with E-state index in [1.807, 2.05) is 0 Å². The summed E-state index contributed by atoms with van der Waals surface area (Å²) in [6.45, 7) is 2.00. The van der Waals surface area contributed by atoms with Crippen molar-refractivity contribution in [3.63, 3.8) is 0 Å². The maximum absolute atomic E-state index is 11.8. The molecule has 1 unspecified atom stereocenters. The average Bonchev–Trinajstić information content (AvgIpc) is 2.83. The molecule has 0 aliphatic carbocycles. The number of hydrogen-bond acceptors (Lipinski definition) is 3. The molecule has 6 nitrogen and oxygen atoms in total. The molecule has 18 heavy (non-hydrogen) atoms. The van der Waals surface area contributed by atoms with Crippen LogP contribution in [0.5, 0.6) is 0 Å². The molecule has 0 saturated carbocycles. The lowest BCUT2D eigenvalue weighted by Crippen LogP contribution is -2.44. The Hall–Kier alpha value is -1.59. The molecule has 0 aromatic heterocycles. The summed E-state index contributed by atoms with van der Waals surface area (Å²) in [7, 11) is 0. The minimum atomic E-state index is -0.327. The molecule has 3 amide bonds. The molecule has 100 valence electrons. The van der Waals surface area contributed by atoms with E-state index in [-0.39, 0.29) is 36.6 Å². The first-order valence-electron chi connectivity index (χ1n) is 6.49. The van der Waals surface area contributed by atoms with E-state index in [0.717, 1.165) is 25.9 Å². The summed E-state index contributed by atoms with van der Waals surface area (Å²) in [6.07, 6.45) is 3.48. The van der Waals surface area contributed by atoms with Crippen LogP contribution in [-0.4, -0.2) is 48.8 Å². The van der Waals surface area contributed by atoms with Gasteiger partial charge in [-0.15, -0.1) is 0 Å². The molecule has 0 aromatic carbocycles. The first-order valence-corrected chi connectivity index (χ1v) is 6.49. The lowest BCUT2D eigenvalue weighted by molar-refractivity contribution is -0.134. The van der Waals surface area contributed by atoms with Crippen molar-refractivity contribution >= 4 is 17.7 Å². The van der Waals surface area contributed by atoms with E-state index >= 15 is 0 Å². The number of carbonyl (C=O) groups is 3. The van der Waals surface area contributed by atoms with Crippen molar-refractivity contribution in [1.82, 2.24) is 15.5 Å². The number of carbonyl (C=O) groups excluding carboxylic acids is 3. The molecule has 1 atom stereocenters. The molecule has 0 bridgehead atoms. The highest BCUT2D eigenvalue weighted by molar-refractivity contribution is 5.91. The number of hydrogen-bond donors (Lipinski definition) is 2. The third-order valence-electron chi connectivity index (χ3n) is 3.47. The van der Waals surface area contributed by atoms with E-state index in [4.69, 9.17) is 0 Å². The zero-order valence-corrected chi connectivity index (χ0v) is 10.4. The highest BCUT2D eigenvalue weighted by atomic mass is 16.2. The SMILES string of the molecule is O=C1CC(C(=O)NCC(=O)N2CCCCC2)CN1. The second-order valence-corrected chi connectivity index (χ2v) is 4.86. The second-order valence-electron chi connectivity index (χ2n) is 4.86. The van der Waals surface area contributed by atoms with Gasteiger partial charge in [-0.3, -0.25) is 14.4 Å². The highest BCUT2D eigenvalue weighted by Gasteiger charge is 2.28. The van der Waals surface area contributed by atoms with E-state index in [1.54, 1.807) is 4.90 Å². The predicted octanol–water partition coefficient (Wildman–Crippen LogP) is -0.749. The van der Waals surface area contributed by atoms with Gasteiger partial charge in [-0.2, -0.15) is 0 Å². The average molecular weight is 253 g/mol. The summed E-state index contributed by atoms with van der Waals surface area (Å²) in [5, 5.41) is 5.23. The van der Waals surface area contributed by atoms with Gasteiger partial charge in [-0.1, -0.05) is 0 Å². The van der Waals surface area contributed by atoms with Gasteiger partial charge in [-0.25, -0.2) is 0 Å². The van der Waals surface area contributed by atoms with Crippen LogP contribution < -0.4 is 10.6 Å². The minimum Gasteiger partial charge on any atom is -0.355 e. The lowest BCUT2D eigenvalue weighted by atomic mass is 10.1. The normalized spacial score (nSPS) is 23.7. The first kappa shape index (κ1) is 12.9. The molecule has 2 aliphatic heterocycles. The highest BCUT2D eigenvalue weighted by Crippen LogP contribution is 2.10. The molecule has 2 aliphatic rings. The molecule has 2 saturated heterocycles. The van der Waals surface area contributed by atoms with Crippen LogP contribution >= 0.6 is 0 Å². The van der Waals surface area contributed by atoms with Gasteiger partial charge >= 0.3 is 0 Å². The Morgan fingerprint density at radius 3 is 2.61 bits per heavy atom. The van der Waals surface area contributed by atoms with Crippen LogP contribution in [0.2, 0.25) is 0 Å². The second kappa shape index (κ2) is 5.84. The zero-order valence-electron chi connectivity index (χ0n) is 10.4.